The number of nitrogens with zero attached hydrogens (tertiary/aromatic N) is 1. The van der Waals surface area contributed by atoms with Crippen LogP contribution in [0.2, 0.25) is 0 Å². The fourth-order valence-corrected chi connectivity index (χ4v) is 3.93. The number of hydrogen-bond donors (Lipinski definition) is 1. The highest BCUT2D eigenvalue weighted by Crippen LogP contribution is 2.30. The van der Waals surface area contributed by atoms with Crippen LogP contribution in [0.25, 0.3) is 11.6 Å². The van der Waals surface area contributed by atoms with Gasteiger partial charge in [-0.3, -0.25) is 4.90 Å². The molecule has 6 heteroatoms. The van der Waals surface area contributed by atoms with Crippen LogP contribution in [0.15, 0.2) is 35.7 Å². The zero-order chi connectivity index (χ0) is 19.1. The monoisotopic (exact) mass is 387 g/mol. The molecule has 2 aromatic rings. The van der Waals surface area contributed by atoms with Gasteiger partial charge in [0.05, 0.1) is 12.7 Å². The highest BCUT2D eigenvalue weighted by atomic mass is 32.1. The van der Waals surface area contributed by atoms with Crippen LogP contribution < -0.4 is 9.47 Å². The molecule has 3 rings (SSSR count). The predicted octanol–water partition coefficient (Wildman–Crippen LogP) is 4.25. The van der Waals surface area contributed by atoms with Gasteiger partial charge in [-0.2, -0.15) is 0 Å². The standard InChI is InChI=1S/C21H25NO4S/c1-25-19-15-16(14-17(21(23)24)20-6-5-13-27-20)7-8-18(19)26-12-11-22-9-3-2-4-10-22/h5-8,13-15H,2-4,9-12H2,1H3,(H,23,24)/b17-14-. The van der Waals surface area contributed by atoms with E-state index in [0.29, 0.717) is 18.1 Å². The molecule has 27 heavy (non-hydrogen) atoms. The van der Waals surface area contributed by atoms with E-state index in [1.165, 1.54) is 30.6 Å². The van der Waals surface area contributed by atoms with Crippen molar-refractivity contribution in [3.63, 3.8) is 0 Å². The summed E-state index contributed by atoms with van der Waals surface area (Å²) in [4.78, 5) is 14.7. The molecule has 1 aromatic carbocycles. The maximum Gasteiger partial charge on any atom is 0.337 e. The Morgan fingerprint density at radius 2 is 2.04 bits per heavy atom. The molecule has 0 bridgehead atoms. The minimum absolute atomic E-state index is 0.269. The summed E-state index contributed by atoms with van der Waals surface area (Å²) in [5.41, 5.74) is 1.03. The largest absolute Gasteiger partial charge is 0.493 e. The van der Waals surface area contributed by atoms with Gasteiger partial charge in [0.1, 0.15) is 6.61 Å². The van der Waals surface area contributed by atoms with Gasteiger partial charge in [-0.25, -0.2) is 4.79 Å². The zero-order valence-electron chi connectivity index (χ0n) is 15.5. The lowest BCUT2D eigenvalue weighted by Crippen LogP contribution is -2.33. The first kappa shape index (κ1) is 19.5. The first-order chi connectivity index (χ1) is 13.2. The normalized spacial score (nSPS) is 15.5. The van der Waals surface area contributed by atoms with Crippen molar-refractivity contribution in [3.8, 4) is 11.5 Å². The fraction of sp³-hybridized carbons (Fsp3) is 0.381. The van der Waals surface area contributed by atoms with Gasteiger partial charge in [0.25, 0.3) is 0 Å². The number of ether oxygens (including phenoxy) is 2. The van der Waals surface area contributed by atoms with Crippen LogP contribution in [0.4, 0.5) is 0 Å². The summed E-state index contributed by atoms with van der Waals surface area (Å²) >= 11 is 1.41. The molecular formula is C21H25NO4S. The van der Waals surface area contributed by atoms with Gasteiger partial charge < -0.3 is 14.6 Å². The third-order valence-corrected chi connectivity index (χ3v) is 5.53. The smallest absolute Gasteiger partial charge is 0.337 e. The summed E-state index contributed by atoms with van der Waals surface area (Å²) in [6.45, 7) is 3.81. The number of methoxy groups -OCH3 is 1. The Morgan fingerprint density at radius 1 is 1.22 bits per heavy atom. The van der Waals surface area contributed by atoms with Gasteiger partial charge in [0.2, 0.25) is 0 Å². The summed E-state index contributed by atoms with van der Waals surface area (Å²) in [5.74, 6) is 0.344. The van der Waals surface area contributed by atoms with Crippen LogP contribution >= 0.6 is 11.3 Å². The summed E-state index contributed by atoms with van der Waals surface area (Å²) in [7, 11) is 1.59. The van der Waals surface area contributed by atoms with Gasteiger partial charge in [-0.1, -0.05) is 18.6 Å². The SMILES string of the molecule is COc1cc(/C=C(\C(=O)O)c2cccs2)ccc1OCCN1CCCCC1. The summed E-state index contributed by atoms with van der Waals surface area (Å²) in [6.07, 6.45) is 5.51. The van der Waals surface area contributed by atoms with Crippen LogP contribution in [-0.4, -0.2) is 49.3 Å². The van der Waals surface area contributed by atoms with Crippen LogP contribution in [0.3, 0.4) is 0 Å². The number of hydrogen-bond acceptors (Lipinski definition) is 5. The third kappa shape index (κ3) is 5.34. The molecule has 0 atom stereocenters. The molecule has 144 valence electrons. The van der Waals surface area contributed by atoms with Gasteiger partial charge in [0.15, 0.2) is 11.5 Å². The number of benzene rings is 1. The lowest BCUT2D eigenvalue weighted by atomic mass is 10.1. The first-order valence-electron chi connectivity index (χ1n) is 9.19. The van der Waals surface area contributed by atoms with Crippen molar-refractivity contribution < 1.29 is 19.4 Å². The number of aliphatic carboxylic acids is 1. The van der Waals surface area contributed by atoms with E-state index in [-0.39, 0.29) is 5.57 Å². The van der Waals surface area contributed by atoms with E-state index in [1.807, 2.05) is 29.6 Å². The molecule has 1 aliphatic rings. The summed E-state index contributed by atoms with van der Waals surface area (Å²) in [5, 5.41) is 11.4. The van der Waals surface area contributed by atoms with E-state index in [2.05, 4.69) is 4.90 Å². The number of thiophene rings is 1. The molecule has 0 aliphatic carbocycles. The Morgan fingerprint density at radius 3 is 2.70 bits per heavy atom. The van der Waals surface area contributed by atoms with E-state index in [4.69, 9.17) is 9.47 Å². The zero-order valence-corrected chi connectivity index (χ0v) is 16.3. The second kappa shape index (κ2) is 9.58. The molecule has 0 saturated carbocycles. The lowest BCUT2D eigenvalue weighted by molar-refractivity contribution is -0.130. The highest BCUT2D eigenvalue weighted by Gasteiger charge is 2.13. The van der Waals surface area contributed by atoms with Crippen molar-refractivity contribution >= 4 is 29.0 Å². The average molecular weight is 388 g/mol. The van der Waals surface area contributed by atoms with E-state index in [0.717, 1.165) is 30.1 Å². The van der Waals surface area contributed by atoms with Crippen molar-refractivity contribution in [3.05, 3.63) is 46.2 Å². The molecule has 0 radical (unpaired) electrons. The molecule has 0 unspecified atom stereocenters. The molecule has 1 aliphatic heterocycles. The predicted molar refractivity (Wildman–Crippen MR) is 109 cm³/mol. The quantitative estimate of drug-likeness (QED) is 0.687. The van der Waals surface area contributed by atoms with Gasteiger partial charge >= 0.3 is 5.97 Å². The number of carbonyl (C=O) groups is 1. The van der Waals surface area contributed by atoms with E-state index < -0.39 is 5.97 Å². The van der Waals surface area contributed by atoms with Crippen molar-refractivity contribution in [1.82, 2.24) is 4.90 Å². The molecule has 5 nitrogen and oxygen atoms in total. The number of carboxylic acid groups (broad SMARTS) is 1. The van der Waals surface area contributed by atoms with E-state index >= 15 is 0 Å². The molecule has 0 amide bonds. The summed E-state index contributed by atoms with van der Waals surface area (Å²) in [6, 6.07) is 9.16. The lowest BCUT2D eigenvalue weighted by Gasteiger charge is -2.26. The van der Waals surface area contributed by atoms with Crippen LogP contribution in [0.1, 0.15) is 29.7 Å². The average Bonchev–Trinajstić information content (AvgIpc) is 3.21. The molecule has 1 saturated heterocycles. The minimum atomic E-state index is -0.946. The highest BCUT2D eigenvalue weighted by molar-refractivity contribution is 7.11. The van der Waals surface area contributed by atoms with Crippen molar-refractivity contribution in [2.75, 3.05) is 33.4 Å². The second-order valence-corrected chi connectivity index (χ2v) is 7.45. The van der Waals surface area contributed by atoms with Crippen molar-refractivity contribution in [2.24, 2.45) is 0 Å². The van der Waals surface area contributed by atoms with Gasteiger partial charge in [-0.15, -0.1) is 11.3 Å². The molecule has 1 aromatic heterocycles. The Balaban J connectivity index is 1.69. The number of carboxylic acids is 1. The number of likely N-dealkylation sites (tertiary alicyclic amines) is 1. The Hall–Kier alpha value is -2.31. The molecular weight excluding hydrogens is 362 g/mol. The van der Waals surface area contributed by atoms with E-state index in [1.54, 1.807) is 19.3 Å². The van der Waals surface area contributed by atoms with Gasteiger partial charge in [0, 0.05) is 11.4 Å². The molecule has 1 N–H and O–H groups in total. The molecule has 2 heterocycles. The number of rotatable bonds is 8. The third-order valence-electron chi connectivity index (χ3n) is 4.63. The van der Waals surface area contributed by atoms with E-state index in [9.17, 15) is 9.90 Å². The maximum atomic E-state index is 11.6. The number of piperidine rings is 1. The molecule has 0 spiro atoms. The van der Waals surface area contributed by atoms with Crippen LogP contribution in [0, 0.1) is 0 Å². The summed E-state index contributed by atoms with van der Waals surface area (Å²) < 4.78 is 11.4. The second-order valence-electron chi connectivity index (χ2n) is 6.50. The Bertz CT molecular complexity index is 779. The fourth-order valence-electron chi connectivity index (χ4n) is 3.20. The van der Waals surface area contributed by atoms with Gasteiger partial charge in [-0.05, 0) is 61.1 Å². The van der Waals surface area contributed by atoms with Crippen LogP contribution in [0.5, 0.6) is 11.5 Å². The van der Waals surface area contributed by atoms with Crippen molar-refractivity contribution in [1.29, 1.82) is 0 Å². The maximum absolute atomic E-state index is 11.6. The first-order valence-corrected chi connectivity index (χ1v) is 10.1. The van der Waals surface area contributed by atoms with Crippen molar-refractivity contribution in [2.45, 2.75) is 19.3 Å². The van der Waals surface area contributed by atoms with Crippen LogP contribution in [-0.2, 0) is 4.79 Å². The Kier molecular flexibility index (Phi) is 6.90. The topological polar surface area (TPSA) is 59.0 Å². The minimum Gasteiger partial charge on any atom is -0.493 e. The molecule has 1 fully saturated rings. The Labute approximate surface area is 163 Å².